The largest absolute Gasteiger partial charge is 0.480 e. The van der Waals surface area contributed by atoms with E-state index in [1.807, 2.05) is 0 Å². The molecule has 4 aliphatic rings. The molecule has 39 heavy (non-hydrogen) atoms. The summed E-state index contributed by atoms with van der Waals surface area (Å²) < 4.78 is 45.4. The zero-order chi connectivity index (χ0) is 27.5. The van der Waals surface area contributed by atoms with E-state index < -0.39 is 29.6 Å². The number of carbonyl (C=O) groups excluding carboxylic acids is 2. The lowest BCUT2D eigenvalue weighted by molar-refractivity contribution is -0.141. The molecule has 0 saturated heterocycles. The Kier molecular flexibility index (Phi) is 6.07. The second-order valence-corrected chi connectivity index (χ2v) is 10.8. The van der Waals surface area contributed by atoms with E-state index >= 15 is 0 Å². The summed E-state index contributed by atoms with van der Waals surface area (Å²) in [6.45, 7) is 0. The fourth-order valence-electron chi connectivity index (χ4n) is 5.75. The molecule has 1 aliphatic heterocycles. The van der Waals surface area contributed by atoms with E-state index in [4.69, 9.17) is 16.3 Å². The predicted octanol–water partition coefficient (Wildman–Crippen LogP) is 3.59. The van der Waals surface area contributed by atoms with Crippen molar-refractivity contribution in [2.75, 3.05) is 0 Å². The Labute approximate surface area is 225 Å². The average molecular weight is 562 g/mol. The molecular weight excluding hydrogens is 539 g/mol. The lowest BCUT2D eigenvalue weighted by Gasteiger charge is -2.40. The molecular formula is C26H23ClF3N5O4. The van der Waals surface area contributed by atoms with Gasteiger partial charge < -0.3 is 20.5 Å². The number of rotatable bonds is 5. The van der Waals surface area contributed by atoms with Crippen molar-refractivity contribution in [3.63, 3.8) is 0 Å². The first-order chi connectivity index (χ1) is 18.5. The first kappa shape index (κ1) is 25.6. The van der Waals surface area contributed by atoms with Crippen LogP contribution in [0, 0.1) is 5.92 Å². The molecule has 13 heteroatoms. The maximum atomic E-state index is 13.0. The maximum Gasteiger partial charge on any atom is 0.433 e. The molecule has 3 fully saturated rings. The maximum absolute atomic E-state index is 13.0. The van der Waals surface area contributed by atoms with Gasteiger partial charge in [-0.1, -0.05) is 11.6 Å². The molecule has 9 nitrogen and oxygen atoms in total. The number of hydrogen-bond acceptors (Lipinski definition) is 6. The average Bonchev–Trinajstić information content (AvgIpc) is 3.57. The van der Waals surface area contributed by atoms with Crippen LogP contribution in [0.5, 0.6) is 5.75 Å². The molecule has 0 radical (unpaired) electrons. The minimum Gasteiger partial charge on any atom is -0.480 e. The van der Waals surface area contributed by atoms with Crippen LogP contribution in [0.1, 0.15) is 53.4 Å². The number of ether oxygens (including phenoxy) is 1. The van der Waals surface area contributed by atoms with Crippen molar-refractivity contribution in [3.05, 3.63) is 70.8 Å². The van der Waals surface area contributed by atoms with Gasteiger partial charge in [-0.2, -0.15) is 18.3 Å². The van der Waals surface area contributed by atoms with Crippen LogP contribution >= 0.6 is 11.6 Å². The molecule has 3 heterocycles. The Balaban J connectivity index is 1.05. The number of alkyl halides is 3. The van der Waals surface area contributed by atoms with Crippen molar-refractivity contribution >= 4 is 23.4 Å². The van der Waals surface area contributed by atoms with Crippen molar-refractivity contribution < 1.29 is 32.6 Å². The fourth-order valence-corrected chi connectivity index (χ4v) is 5.93. The quantitative estimate of drug-likeness (QED) is 0.438. The molecule has 3 N–H and O–H groups in total. The van der Waals surface area contributed by atoms with Gasteiger partial charge in [0.15, 0.2) is 6.10 Å². The van der Waals surface area contributed by atoms with Crippen molar-refractivity contribution in [1.29, 1.82) is 0 Å². The summed E-state index contributed by atoms with van der Waals surface area (Å²) >= 11 is 6.00. The summed E-state index contributed by atoms with van der Waals surface area (Å²) in [4.78, 5) is 29.3. The van der Waals surface area contributed by atoms with E-state index in [0.717, 1.165) is 12.3 Å². The van der Waals surface area contributed by atoms with Gasteiger partial charge in [0.2, 0.25) is 0 Å². The summed E-state index contributed by atoms with van der Waals surface area (Å²) in [7, 11) is 0. The standard InChI is InChI=1S/C26H23ClF3N5O4/c27-15-1-3-20-17(5-15)19(36)6-21(39-20)24(38)34-25-7-13(8-25)18(9-25)33-23(37)14-10-32-35(12-14)16-2-4-22(31-11-16)26(28,29)30/h1-5,10-13,18-19,21,36H,6-9H2,(H,33,37)(H,34,38)/t13?,18?,19-,21-,25?/m1/s1. The molecule has 1 unspecified atom stereocenters. The normalized spacial score (nSPS) is 27.2. The fraction of sp³-hybridized carbons (Fsp3) is 0.385. The van der Waals surface area contributed by atoms with Gasteiger partial charge in [-0.25, -0.2) is 9.67 Å². The minimum absolute atomic E-state index is 0.108. The number of nitrogens with one attached hydrogen (secondary N) is 2. The third kappa shape index (κ3) is 4.82. The van der Waals surface area contributed by atoms with Crippen LogP contribution in [0.3, 0.4) is 0 Å². The second-order valence-electron chi connectivity index (χ2n) is 10.3. The van der Waals surface area contributed by atoms with E-state index in [2.05, 4.69) is 20.7 Å². The van der Waals surface area contributed by atoms with Crippen LogP contribution in [0.25, 0.3) is 5.69 Å². The molecule has 1 aromatic carbocycles. The van der Waals surface area contributed by atoms with Gasteiger partial charge in [0, 0.05) is 34.8 Å². The van der Waals surface area contributed by atoms with Crippen LogP contribution in [0.4, 0.5) is 13.2 Å². The van der Waals surface area contributed by atoms with Gasteiger partial charge in [0.25, 0.3) is 11.8 Å². The third-order valence-corrected chi connectivity index (χ3v) is 7.90. The summed E-state index contributed by atoms with van der Waals surface area (Å²) in [5.41, 5.74) is -0.383. The Bertz CT molecular complexity index is 1440. The Hall–Kier alpha value is -3.64. The zero-order valence-corrected chi connectivity index (χ0v) is 21.0. The molecule has 2 bridgehead atoms. The first-order valence-corrected chi connectivity index (χ1v) is 12.7. The number of halogens is 4. The van der Waals surface area contributed by atoms with Crippen LogP contribution in [0.15, 0.2) is 48.9 Å². The van der Waals surface area contributed by atoms with Gasteiger partial charge in [0.1, 0.15) is 11.4 Å². The second kappa shape index (κ2) is 9.23. The number of carbonyl (C=O) groups is 2. The Morgan fingerprint density at radius 2 is 1.95 bits per heavy atom. The van der Waals surface area contributed by atoms with Crippen molar-refractivity contribution in [2.45, 2.75) is 55.6 Å². The number of aromatic nitrogens is 3. The van der Waals surface area contributed by atoms with Crippen LogP contribution in [-0.2, 0) is 11.0 Å². The van der Waals surface area contributed by atoms with Crippen LogP contribution in [-0.4, -0.2) is 49.4 Å². The molecule has 3 saturated carbocycles. The summed E-state index contributed by atoms with van der Waals surface area (Å²) in [6, 6.07) is 6.82. The number of benzene rings is 1. The van der Waals surface area contributed by atoms with Crippen LogP contribution < -0.4 is 15.4 Å². The van der Waals surface area contributed by atoms with Gasteiger partial charge >= 0.3 is 6.18 Å². The molecule has 3 atom stereocenters. The molecule has 3 aromatic rings. The van der Waals surface area contributed by atoms with Gasteiger partial charge in [0.05, 0.1) is 29.7 Å². The van der Waals surface area contributed by atoms with Crippen molar-refractivity contribution in [1.82, 2.24) is 25.4 Å². The molecule has 0 spiro atoms. The Morgan fingerprint density at radius 1 is 1.15 bits per heavy atom. The predicted molar refractivity (Wildman–Crippen MR) is 131 cm³/mol. The number of fused-ring (bicyclic) bond motifs is 2. The highest BCUT2D eigenvalue weighted by atomic mass is 35.5. The molecule has 204 valence electrons. The summed E-state index contributed by atoms with van der Waals surface area (Å²) in [5.74, 6) is -0.0590. The van der Waals surface area contributed by atoms with E-state index in [-0.39, 0.29) is 41.4 Å². The number of aliphatic hydroxyl groups excluding tert-OH is 1. The van der Waals surface area contributed by atoms with Gasteiger partial charge in [-0.3, -0.25) is 9.59 Å². The van der Waals surface area contributed by atoms with E-state index in [9.17, 15) is 27.9 Å². The SMILES string of the molecule is O=C(NC1CC2(NC(=O)[C@H]3C[C@@H](O)c4cc(Cl)ccc4O3)CC1C2)c1cnn(-c2ccc(C(F)(F)F)nc2)c1. The lowest BCUT2D eigenvalue weighted by atomic mass is 9.76. The van der Waals surface area contributed by atoms with Gasteiger partial charge in [-0.05, 0) is 55.5 Å². The van der Waals surface area contributed by atoms with Crippen LogP contribution in [0.2, 0.25) is 5.02 Å². The number of amides is 2. The van der Waals surface area contributed by atoms with Gasteiger partial charge in [-0.15, -0.1) is 0 Å². The molecule has 2 amide bonds. The lowest BCUT2D eigenvalue weighted by Crippen LogP contribution is -2.56. The molecule has 3 aliphatic carbocycles. The summed E-state index contributed by atoms with van der Waals surface area (Å²) in [6.07, 6.45) is -0.385. The highest BCUT2D eigenvalue weighted by Gasteiger charge is 2.57. The summed E-state index contributed by atoms with van der Waals surface area (Å²) in [5, 5.41) is 21.1. The smallest absolute Gasteiger partial charge is 0.433 e. The van der Waals surface area contributed by atoms with E-state index in [1.165, 1.54) is 23.1 Å². The van der Waals surface area contributed by atoms with E-state index in [1.54, 1.807) is 18.2 Å². The number of nitrogens with zero attached hydrogens (tertiary/aromatic N) is 3. The zero-order valence-electron chi connectivity index (χ0n) is 20.3. The minimum atomic E-state index is -4.54. The van der Waals surface area contributed by atoms with E-state index in [0.29, 0.717) is 35.6 Å². The highest BCUT2D eigenvalue weighted by Crippen LogP contribution is 2.52. The highest BCUT2D eigenvalue weighted by molar-refractivity contribution is 6.30. The molecule has 2 aromatic heterocycles. The van der Waals surface area contributed by atoms with Crippen molar-refractivity contribution in [3.8, 4) is 11.4 Å². The number of hydrogen-bond donors (Lipinski definition) is 3. The number of aliphatic hydroxyl groups is 1. The first-order valence-electron chi connectivity index (χ1n) is 12.4. The third-order valence-electron chi connectivity index (χ3n) is 7.67. The topological polar surface area (TPSA) is 118 Å². The Morgan fingerprint density at radius 3 is 2.67 bits per heavy atom. The molecule has 7 rings (SSSR count). The monoisotopic (exact) mass is 561 g/mol. The van der Waals surface area contributed by atoms with Crippen molar-refractivity contribution in [2.24, 2.45) is 5.92 Å². The number of pyridine rings is 1.